The number of carbonyl (C=O) groups is 1. The molecule has 8 nitrogen and oxygen atoms in total. The summed E-state index contributed by atoms with van der Waals surface area (Å²) in [6.07, 6.45) is -1.31. The molecule has 13 heteroatoms. The number of hydrogen-bond acceptors (Lipinski definition) is 6. The van der Waals surface area contributed by atoms with Gasteiger partial charge in [0.1, 0.15) is 18.6 Å². The van der Waals surface area contributed by atoms with Gasteiger partial charge in [-0.2, -0.15) is 18.3 Å². The van der Waals surface area contributed by atoms with E-state index >= 15 is 0 Å². The maximum absolute atomic E-state index is 12.9. The highest BCUT2D eigenvalue weighted by molar-refractivity contribution is 8.08. The molecule has 0 aliphatic carbocycles. The molecular formula is C16H17ClF3N5O3S. The van der Waals surface area contributed by atoms with Crippen LogP contribution >= 0.6 is 11.6 Å². The van der Waals surface area contributed by atoms with Gasteiger partial charge in [0.05, 0.1) is 24.5 Å². The molecule has 2 heterocycles. The number of amides is 1. The smallest absolute Gasteiger partial charge is 0.393 e. The van der Waals surface area contributed by atoms with Gasteiger partial charge in [-0.05, 0) is 24.2 Å². The highest BCUT2D eigenvalue weighted by Crippen LogP contribution is 2.27. The Balaban J connectivity index is 2.30. The molecule has 0 aliphatic heterocycles. The van der Waals surface area contributed by atoms with Crippen LogP contribution in [-0.2, 0) is 20.8 Å². The molecular weight excluding hydrogens is 435 g/mol. The van der Waals surface area contributed by atoms with Crippen molar-refractivity contribution in [2.24, 2.45) is 5.16 Å². The molecule has 0 saturated carbocycles. The Hall–Kier alpha value is -2.31. The van der Waals surface area contributed by atoms with Gasteiger partial charge >= 0.3 is 17.1 Å². The molecule has 0 bridgehead atoms. The first-order valence-corrected chi connectivity index (χ1v) is 9.91. The van der Waals surface area contributed by atoms with Gasteiger partial charge in [-0.25, -0.2) is 4.68 Å². The van der Waals surface area contributed by atoms with Crippen LogP contribution in [0.3, 0.4) is 0 Å². The average Bonchev–Trinajstić information content (AvgIpc) is 3.06. The van der Waals surface area contributed by atoms with Crippen LogP contribution in [0.25, 0.3) is 5.69 Å². The minimum Gasteiger partial charge on any atom is -0.610 e. The zero-order valence-corrected chi connectivity index (χ0v) is 17.0. The molecule has 0 spiro atoms. The summed E-state index contributed by atoms with van der Waals surface area (Å²) in [4.78, 5) is 22.4. The van der Waals surface area contributed by atoms with Gasteiger partial charge in [0.15, 0.2) is 5.15 Å². The molecule has 0 aliphatic rings. The van der Waals surface area contributed by atoms with Gasteiger partial charge in [-0.15, -0.1) is 0 Å². The van der Waals surface area contributed by atoms with E-state index in [-0.39, 0.29) is 17.4 Å². The van der Waals surface area contributed by atoms with E-state index in [1.54, 1.807) is 25.3 Å². The standard InChI is InChI=1S/C16H17ClF3N5O3S/c1-3-24(12-10-25(22-13(12)17)11-5-4-7-21-9-11)15(26)14(23-28-2)29(27)8-6-16(18,19)20/h4-5,7,9-10H,3,6,8H2,1-2H3. The van der Waals surface area contributed by atoms with Gasteiger partial charge in [-0.1, -0.05) is 11.6 Å². The Morgan fingerprint density at radius 2 is 2.21 bits per heavy atom. The molecule has 1 atom stereocenters. The molecule has 0 aromatic carbocycles. The van der Waals surface area contributed by atoms with Gasteiger partial charge in [-0.3, -0.25) is 14.7 Å². The third kappa shape index (κ3) is 6.08. The van der Waals surface area contributed by atoms with Crippen LogP contribution in [-0.4, -0.2) is 55.9 Å². The number of alkyl halides is 3. The summed E-state index contributed by atoms with van der Waals surface area (Å²) in [5, 5.41) is 6.81. The van der Waals surface area contributed by atoms with Crippen molar-refractivity contribution in [1.82, 2.24) is 14.8 Å². The van der Waals surface area contributed by atoms with E-state index in [0.29, 0.717) is 5.69 Å². The van der Waals surface area contributed by atoms with Gasteiger partial charge < -0.3 is 9.39 Å². The number of hydrogen-bond donors (Lipinski definition) is 0. The molecule has 2 rings (SSSR count). The van der Waals surface area contributed by atoms with Gasteiger partial charge in [0.25, 0.3) is 0 Å². The summed E-state index contributed by atoms with van der Waals surface area (Å²) in [5.74, 6) is -1.72. The maximum Gasteiger partial charge on any atom is 0.393 e. The van der Waals surface area contributed by atoms with E-state index in [1.165, 1.54) is 17.1 Å². The Bertz CT molecular complexity index is 863. The lowest BCUT2D eigenvalue weighted by molar-refractivity contribution is -0.130. The first-order chi connectivity index (χ1) is 13.7. The summed E-state index contributed by atoms with van der Waals surface area (Å²) in [7, 11) is 1.10. The van der Waals surface area contributed by atoms with E-state index in [2.05, 4.69) is 20.1 Å². The lowest BCUT2D eigenvalue weighted by atomic mass is 10.4. The Labute approximate surface area is 172 Å². The fourth-order valence-corrected chi connectivity index (χ4v) is 3.56. The van der Waals surface area contributed by atoms with Crippen LogP contribution in [0.15, 0.2) is 35.9 Å². The Kier molecular flexibility index (Phi) is 7.88. The Morgan fingerprint density at radius 1 is 1.48 bits per heavy atom. The second kappa shape index (κ2) is 9.94. The zero-order chi connectivity index (χ0) is 21.6. The molecule has 0 fully saturated rings. The van der Waals surface area contributed by atoms with E-state index in [0.717, 1.165) is 12.0 Å². The van der Waals surface area contributed by atoms with Crippen LogP contribution in [0.4, 0.5) is 18.9 Å². The van der Waals surface area contributed by atoms with Crippen molar-refractivity contribution in [2.45, 2.75) is 19.5 Å². The zero-order valence-electron chi connectivity index (χ0n) is 15.4. The van der Waals surface area contributed by atoms with Gasteiger partial charge in [0, 0.05) is 23.9 Å². The highest BCUT2D eigenvalue weighted by Gasteiger charge is 2.37. The molecule has 0 N–H and O–H groups in total. The molecule has 1 amide bonds. The van der Waals surface area contributed by atoms with Crippen LogP contribution in [0.5, 0.6) is 0 Å². The summed E-state index contributed by atoms with van der Waals surface area (Å²) >= 11 is 3.82. The number of rotatable bonds is 6. The molecule has 0 saturated heterocycles. The van der Waals surface area contributed by atoms with Crippen molar-refractivity contribution in [1.29, 1.82) is 0 Å². The highest BCUT2D eigenvalue weighted by atomic mass is 35.5. The summed E-state index contributed by atoms with van der Waals surface area (Å²) < 4.78 is 51.0. The largest absolute Gasteiger partial charge is 0.610 e. The van der Waals surface area contributed by atoms with E-state index in [9.17, 15) is 22.5 Å². The van der Waals surface area contributed by atoms with Crippen molar-refractivity contribution in [3.63, 3.8) is 0 Å². The quantitative estimate of drug-likeness (QED) is 0.291. The second-order valence-corrected chi connectivity index (χ2v) is 7.35. The Morgan fingerprint density at radius 3 is 2.76 bits per heavy atom. The normalized spacial score (nSPS) is 13.3. The number of halogens is 4. The van der Waals surface area contributed by atoms with Crippen molar-refractivity contribution in [3.8, 4) is 5.69 Å². The summed E-state index contributed by atoms with van der Waals surface area (Å²) in [5.41, 5.74) is 0.739. The second-order valence-electron chi connectivity index (χ2n) is 5.50. The monoisotopic (exact) mass is 451 g/mol. The number of carbonyl (C=O) groups excluding carboxylic acids is 1. The molecule has 0 radical (unpaired) electrons. The number of nitrogens with zero attached hydrogens (tertiary/aromatic N) is 5. The van der Waals surface area contributed by atoms with Crippen LogP contribution in [0.2, 0.25) is 5.15 Å². The van der Waals surface area contributed by atoms with E-state index in [4.69, 9.17) is 11.6 Å². The number of anilines is 1. The SMILES string of the molecule is CCN(C(=O)C(=NOC)[S+]([O-])CCC(F)(F)F)c1cn(-c2cccnc2)nc1Cl. The predicted molar refractivity (Wildman–Crippen MR) is 103 cm³/mol. The lowest BCUT2D eigenvalue weighted by Crippen LogP contribution is -2.41. The first kappa shape index (κ1) is 23.0. The number of aromatic nitrogens is 3. The molecule has 1 unspecified atom stereocenters. The third-order valence-corrected chi connectivity index (χ3v) is 5.08. The third-order valence-electron chi connectivity index (χ3n) is 3.56. The summed E-state index contributed by atoms with van der Waals surface area (Å²) in [6.45, 7) is 1.68. The number of pyridine rings is 1. The number of oxime groups is 1. The first-order valence-electron chi connectivity index (χ1n) is 8.21. The topological polar surface area (TPSA) is 95.7 Å². The predicted octanol–water partition coefficient (Wildman–Crippen LogP) is 2.93. The van der Waals surface area contributed by atoms with Crippen molar-refractivity contribution in [3.05, 3.63) is 35.9 Å². The molecule has 2 aromatic heterocycles. The molecule has 29 heavy (non-hydrogen) atoms. The minimum atomic E-state index is -4.52. The average molecular weight is 452 g/mol. The van der Waals surface area contributed by atoms with Crippen molar-refractivity contribution in [2.75, 3.05) is 24.3 Å². The van der Waals surface area contributed by atoms with E-state index < -0.39 is 40.5 Å². The maximum atomic E-state index is 12.9. The van der Waals surface area contributed by atoms with Crippen LogP contribution in [0, 0.1) is 0 Å². The van der Waals surface area contributed by atoms with Crippen LogP contribution < -0.4 is 4.90 Å². The molecule has 158 valence electrons. The fraction of sp³-hybridized carbons (Fsp3) is 0.375. The fourth-order valence-electron chi connectivity index (χ4n) is 2.25. The van der Waals surface area contributed by atoms with Crippen molar-refractivity contribution >= 4 is 39.4 Å². The summed E-state index contributed by atoms with van der Waals surface area (Å²) in [6, 6.07) is 3.39. The van der Waals surface area contributed by atoms with Crippen molar-refractivity contribution < 1.29 is 27.4 Å². The van der Waals surface area contributed by atoms with Gasteiger partial charge in [0.2, 0.25) is 0 Å². The van der Waals surface area contributed by atoms with Crippen LogP contribution in [0.1, 0.15) is 13.3 Å². The molecule has 2 aromatic rings. The van der Waals surface area contributed by atoms with E-state index in [1.807, 2.05) is 0 Å². The minimum absolute atomic E-state index is 0.0399. The lowest BCUT2D eigenvalue weighted by Gasteiger charge is -2.20.